The molecule has 0 saturated carbocycles. The quantitative estimate of drug-likeness (QED) is 0.0595. The molecule has 0 aromatic heterocycles. The maximum atomic E-state index is 5.52. The van der Waals surface area contributed by atoms with E-state index in [4.69, 9.17) is 11.6 Å². The van der Waals surface area contributed by atoms with Crippen molar-refractivity contribution < 1.29 is 0 Å². The van der Waals surface area contributed by atoms with Crippen molar-refractivity contribution in [1.82, 2.24) is 16.5 Å². The zero-order chi connectivity index (χ0) is 21.8. The van der Waals surface area contributed by atoms with Gasteiger partial charge in [-0.15, -0.1) is 0 Å². The second-order valence-corrected chi connectivity index (χ2v) is 9.12. The Bertz CT molecular complexity index is 261. The molecule has 0 spiro atoms. The van der Waals surface area contributed by atoms with Gasteiger partial charge in [-0.25, -0.2) is 5.43 Å². The van der Waals surface area contributed by atoms with Crippen molar-refractivity contribution in [3.8, 4) is 0 Å². The minimum Gasteiger partial charge on any atom is -0.330 e. The second-order valence-electron chi connectivity index (χ2n) is 9.12. The molecule has 0 rings (SSSR count). The van der Waals surface area contributed by atoms with Crippen molar-refractivity contribution in [3.63, 3.8) is 0 Å². The molecule has 0 aromatic carbocycles. The highest BCUT2D eigenvalue weighted by Crippen LogP contribution is 2.15. The van der Waals surface area contributed by atoms with E-state index in [1.165, 1.54) is 148 Å². The van der Waals surface area contributed by atoms with Gasteiger partial charge in [-0.05, 0) is 19.4 Å². The Kier molecular flexibility index (Phi) is 28.6. The van der Waals surface area contributed by atoms with Gasteiger partial charge in [0.15, 0.2) is 0 Å². The Labute approximate surface area is 189 Å². The van der Waals surface area contributed by atoms with Gasteiger partial charge in [0.05, 0.1) is 0 Å². The Hall–Kier alpha value is -0.200. The lowest BCUT2D eigenvalue weighted by Crippen LogP contribution is -2.47. The lowest BCUT2D eigenvalue weighted by molar-refractivity contribution is 0.431. The first kappa shape index (κ1) is 29.8. The minimum atomic E-state index is 0.868. The zero-order valence-electron chi connectivity index (χ0n) is 20.3. The van der Waals surface area contributed by atoms with Crippen molar-refractivity contribution in [2.45, 2.75) is 148 Å². The molecule has 0 aliphatic rings. The fourth-order valence-electron chi connectivity index (χ4n) is 4.18. The number of hydrogen-bond acceptors (Lipinski definition) is 5. The molecular formula is C25H57N5. The standard InChI is InChI=1S/C25H57N5/c26-24-22-20-18-16-14-12-10-8-6-4-2-1-3-5-7-9-11-13-15-17-19-21-23-25-28-30-29-27/h28-30H,1-27H2. The molecule has 0 aliphatic heterocycles. The number of unbranched alkanes of at least 4 members (excludes halogenated alkanes) is 22. The monoisotopic (exact) mass is 427 g/mol. The summed E-state index contributed by atoms with van der Waals surface area (Å²) in [6.45, 7) is 1.84. The van der Waals surface area contributed by atoms with Crippen molar-refractivity contribution in [3.05, 3.63) is 0 Å². The summed E-state index contributed by atoms with van der Waals surface area (Å²) in [7, 11) is 0. The summed E-state index contributed by atoms with van der Waals surface area (Å²) in [5, 5.41) is 0. The highest BCUT2D eigenvalue weighted by atomic mass is 15.7. The van der Waals surface area contributed by atoms with Crippen molar-refractivity contribution in [2.24, 2.45) is 11.6 Å². The van der Waals surface area contributed by atoms with Crippen LogP contribution >= 0.6 is 0 Å². The average Bonchev–Trinajstić information content (AvgIpc) is 2.76. The van der Waals surface area contributed by atoms with Crippen LogP contribution in [0.15, 0.2) is 0 Å². The van der Waals surface area contributed by atoms with Crippen LogP contribution < -0.4 is 28.1 Å². The maximum Gasteiger partial charge on any atom is 0.0113 e. The molecule has 182 valence electrons. The fourth-order valence-corrected chi connectivity index (χ4v) is 4.18. The molecule has 0 amide bonds. The smallest absolute Gasteiger partial charge is 0.0113 e. The van der Waals surface area contributed by atoms with Crippen LogP contribution in [0.25, 0.3) is 0 Å². The van der Waals surface area contributed by atoms with Crippen molar-refractivity contribution in [2.75, 3.05) is 13.1 Å². The fraction of sp³-hybridized carbons (Fsp3) is 1.00. The number of rotatable bonds is 27. The van der Waals surface area contributed by atoms with Crippen LogP contribution in [0.5, 0.6) is 0 Å². The Balaban J connectivity index is 2.97. The molecule has 0 saturated heterocycles. The third-order valence-corrected chi connectivity index (χ3v) is 6.17. The third kappa shape index (κ3) is 27.8. The van der Waals surface area contributed by atoms with E-state index in [0.29, 0.717) is 0 Å². The molecular weight excluding hydrogens is 370 g/mol. The van der Waals surface area contributed by atoms with E-state index in [9.17, 15) is 0 Å². The molecule has 0 bridgehead atoms. The Morgan fingerprint density at radius 3 is 0.900 bits per heavy atom. The summed E-state index contributed by atoms with van der Waals surface area (Å²) in [5.41, 5.74) is 13.6. The van der Waals surface area contributed by atoms with Crippen LogP contribution in [0.4, 0.5) is 0 Å². The second kappa shape index (κ2) is 28.8. The molecule has 0 heterocycles. The van der Waals surface area contributed by atoms with E-state index < -0.39 is 0 Å². The van der Waals surface area contributed by atoms with Crippen molar-refractivity contribution >= 4 is 0 Å². The van der Waals surface area contributed by atoms with Gasteiger partial charge in [0.2, 0.25) is 0 Å². The van der Waals surface area contributed by atoms with Gasteiger partial charge in [-0.1, -0.05) is 135 Å². The largest absolute Gasteiger partial charge is 0.330 e. The van der Waals surface area contributed by atoms with Crippen molar-refractivity contribution in [1.29, 1.82) is 0 Å². The Morgan fingerprint density at radius 1 is 0.367 bits per heavy atom. The van der Waals surface area contributed by atoms with E-state index in [-0.39, 0.29) is 0 Å². The summed E-state index contributed by atoms with van der Waals surface area (Å²) in [5.74, 6) is 5.10. The summed E-state index contributed by atoms with van der Waals surface area (Å²) in [6.07, 6.45) is 32.5. The lowest BCUT2D eigenvalue weighted by atomic mass is 10.0. The summed E-state index contributed by atoms with van der Waals surface area (Å²) < 4.78 is 0. The van der Waals surface area contributed by atoms with E-state index in [0.717, 1.165) is 13.1 Å². The van der Waals surface area contributed by atoms with E-state index in [1.807, 2.05) is 0 Å². The van der Waals surface area contributed by atoms with E-state index in [2.05, 4.69) is 16.5 Å². The number of nitrogens with one attached hydrogen (secondary N) is 3. The molecule has 0 radical (unpaired) electrons. The van der Waals surface area contributed by atoms with Gasteiger partial charge >= 0.3 is 0 Å². The van der Waals surface area contributed by atoms with E-state index >= 15 is 0 Å². The lowest BCUT2D eigenvalue weighted by Gasteiger charge is -2.05. The first-order chi connectivity index (χ1) is 14.9. The SMILES string of the molecule is NCCCCCCCCCCCCCCCCCCCCCCCCCNNNN. The number of hydrogen-bond donors (Lipinski definition) is 5. The molecule has 0 aliphatic carbocycles. The molecule has 5 heteroatoms. The number of nitrogens with two attached hydrogens (primary N) is 2. The molecule has 0 atom stereocenters. The van der Waals surface area contributed by atoms with Crippen LogP contribution in [0.2, 0.25) is 0 Å². The molecule has 5 nitrogen and oxygen atoms in total. The van der Waals surface area contributed by atoms with Gasteiger partial charge in [0, 0.05) is 6.54 Å². The first-order valence-electron chi connectivity index (χ1n) is 13.6. The van der Waals surface area contributed by atoms with Gasteiger partial charge < -0.3 is 5.73 Å². The predicted octanol–water partition coefficient (Wildman–Crippen LogP) is 6.39. The van der Waals surface area contributed by atoms with Crippen LogP contribution in [0.1, 0.15) is 148 Å². The van der Waals surface area contributed by atoms with Gasteiger partial charge in [0.1, 0.15) is 0 Å². The normalized spacial score (nSPS) is 11.4. The molecule has 0 unspecified atom stereocenters. The summed E-state index contributed by atoms with van der Waals surface area (Å²) in [4.78, 5) is 0. The van der Waals surface area contributed by atoms with Crippen LogP contribution in [-0.2, 0) is 0 Å². The van der Waals surface area contributed by atoms with Crippen LogP contribution in [0, 0.1) is 0 Å². The average molecular weight is 428 g/mol. The highest BCUT2D eigenvalue weighted by molar-refractivity contribution is 4.52. The van der Waals surface area contributed by atoms with E-state index in [1.54, 1.807) is 0 Å². The minimum absolute atomic E-state index is 0.868. The van der Waals surface area contributed by atoms with Gasteiger partial charge in [-0.2, -0.15) is 11.1 Å². The molecule has 0 aromatic rings. The first-order valence-corrected chi connectivity index (χ1v) is 13.6. The predicted molar refractivity (Wildman–Crippen MR) is 134 cm³/mol. The van der Waals surface area contributed by atoms with Gasteiger partial charge in [-0.3, -0.25) is 5.84 Å². The maximum absolute atomic E-state index is 5.52. The summed E-state index contributed by atoms with van der Waals surface area (Å²) in [6, 6.07) is 0. The zero-order valence-corrected chi connectivity index (χ0v) is 20.3. The van der Waals surface area contributed by atoms with Gasteiger partial charge in [0.25, 0.3) is 0 Å². The molecule has 7 N–H and O–H groups in total. The third-order valence-electron chi connectivity index (χ3n) is 6.17. The number of hydrazine groups is 3. The highest BCUT2D eigenvalue weighted by Gasteiger charge is 1.96. The molecule has 0 fully saturated rings. The van der Waals surface area contributed by atoms with Crippen LogP contribution in [0.3, 0.4) is 0 Å². The van der Waals surface area contributed by atoms with Crippen LogP contribution in [-0.4, -0.2) is 13.1 Å². The topological polar surface area (TPSA) is 88.1 Å². The molecule has 30 heavy (non-hydrogen) atoms. The summed E-state index contributed by atoms with van der Waals surface area (Å²) >= 11 is 0. The Morgan fingerprint density at radius 2 is 0.633 bits per heavy atom.